The van der Waals surface area contributed by atoms with Gasteiger partial charge in [0.05, 0.1) is 11.7 Å². The molecule has 2 N–H and O–H groups in total. The third-order valence-electron chi connectivity index (χ3n) is 7.42. The SMILES string of the molecule is Cc1ccc(C2CC(CCCNC(C)c3cccc4ccccc34)Oc3ccccc32)cc1C(=O)O. The Morgan fingerprint density at radius 1 is 1.03 bits per heavy atom. The number of nitrogens with one attached hydrogen (secondary N) is 1. The average molecular weight is 480 g/mol. The summed E-state index contributed by atoms with van der Waals surface area (Å²) >= 11 is 0. The number of fused-ring (bicyclic) bond motifs is 2. The van der Waals surface area contributed by atoms with Gasteiger partial charge in [0.25, 0.3) is 0 Å². The minimum atomic E-state index is -0.877. The number of hydrogen-bond acceptors (Lipinski definition) is 3. The predicted octanol–water partition coefficient (Wildman–Crippen LogP) is 7.26. The van der Waals surface area contributed by atoms with E-state index in [2.05, 4.69) is 66.8 Å². The molecular formula is C32H33NO3. The number of ether oxygens (including phenoxy) is 1. The van der Waals surface area contributed by atoms with Crippen LogP contribution in [-0.4, -0.2) is 23.7 Å². The van der Waals surface area contributed by atoms with E-state index in [1.54, 1.807) is 0 Å². The maximum atomic E-state index is 11.7. The molecule has 1 heterocycles. The van der Waals surface area contributed by atoms with Gasteiger partial charge in [0, 0.05) is 17.5 Å². The van der Waals surface area contributed by atoms with Crippen LogP contribution in [-0.2, 0) is 0 Å². The number of carboxylic acids is 1. The van der Waals surface area contributed by atoms with Crippen molar-refractivity contribution in [1.29, 1.82) is 0 Å². The molecule has 0 aliphatic carbocycles. The van der Waals surface area contributed by atoms with Gasteiger partial charge in [-0.3, -0.25) is 0 Å². The van der Waals surface area contributed by atoms with Gasteiger partial charge in [-0.1, -0.05) is 72.8 Å². The van der Waals surface area contributed by atoms with Crippen molar-refractivity contribution in [3.05, 3.63) is 113 Å². The number of aryl methyl sites for hydroxylation is 1. The van der Waals surface area contributed by atoms with Crippen LogP contribution in [0, 0.1) is 6.92 Å². The molecule has 184 valence electrons. The van der Waals surface area contributed by atoms with Crippen LogP contribution in [0.25, 0.3) is 10.8 Å². The topological polar surface area (TPSA) is 58.6 Å². The van der Waals surface area contributed by atoms with Gasteiger partial charge in [0.15, 0.2) is 0 Å². The van der Waals surface area contributed by atoms with E-state index in [4.69, 9.17) is 4.74 Å². The lowest BCUT2D eigenvalue weighted by molar-refractivity contribution is 0.0696. The van der Waals surface area contributed by atoms with E-state index in [9.17, 15) is 9.90 Å². The van der Waals surface area contributed by atoms with Crippen LogP contribution in [0.3, 0.4) is 0 Å². The summed E-state index contributed by atoms with van der Waals surface area (Å²) in [7, 11) is 0. The molecule has 0 spiro atoms. The van der Waals surface area contributed by atoms with Gasteiger partial charge >= 0.3 is 5.97 Å². The van der Waals surface area contributed by atoms with Crippen molar-refractivity contribution in [3.63, 3.8) is 0 Å². The molecule has 4 heteroatoms. The van der Waals surface area contributed by atoms with Gasteiger partial charge in [-0.25, -0.2) is 4.79 Å². The van der Waals surface area contributed by atoms with Gasteiger partial charge in [-0.15, -0.1) is 0 Å². The van der Waals surface area contributed by atoms with Gasteiger partial charge in [0.2, 0.25) is 0 Å². The largest absolute Gasteiger partial charge is 0.490 e. The summed E-state index contributed by atoms with van der Waals surface area (Å²) in [6.07, 6.45) is 2.88. The second-order valence-corrected chi connectivity index (χ2v) is 9.83. The van der Waals surface area contributed by atoms with E-state index in [0.29, 0.717) is 5.56 Å². The maximum absolute atomic E-state index is 11.7. The fraction of sp³-hybridized carbons (Fsp3) is 0.281. The van der Waals surface area contributed by atoms with Gasteiger partial charge in [-0.2, -0.15) is 0 Å². The highest BCUT2D eigenvalue weighted by atomic mass is 16.5. The monoisotopic (exact) mass is 479 g/mol. The molecule has 0 radical (unpaired) electrons. The van der Waals surface area contributed by atoms with Crippen LogP contribution in [0.4, 0.5) is 0 Å². The summed E-state index contributed by atoms with van der Waals surface area (Å²) in [5.74, 6) is 0.159. The molecule has 4 nitrogen and oxygen atoms in total. The fourth-order valence-electron chi connectivity index (χ4n) is 5.46. The first-order chi connectivity index (χ1) is 17.5. The van der Waals surface area contributed by atoms with Crippen LogP contribution in [0.1, 0.15) is 70.8 Å². The normalized spacial score (nSPS) is 17.8. The Morgan fingerprint density at radius 3 is 2.67 bits per heavy atom. The Balaban J connectivity index is 1.25. The zero-order valence-electron chi connectivity index (χ0n) is 20.9. The predicted molar refractivity (Wildman–Crippen MR) is 145 cm³/mol. The van der Waals surface area contributed by atoms with Crippen LogP contribution < -0.4 is 10.1 Å². The molecule has 1 aliphatic rings. The third kappa shape index (κ3) is 5.00. The molecule has 0 amide bonds. The molecule has 0 saturated carbocycles. The summed E-state index contributed by atoms with van der Waals surface area (Å²) < 4.78 is 6.39. The van der Waals surface area contributed by atoms with Crippen LogP contribution in [0.15, 0.2) is 84.9 Å². The van der Waals surface area contributed by atoms with Crippen molar-refractivity contribution in [3.8, 4) is 5.75 Å². The number of aromatic carboxylic acids is 1. The number of para-hydroxylation sites is 1. The van der Waals surface area contributed by atoms with Crippen molar-refractivity contribution in [2.24, 2.45) is 0 Å². The lowest BCUT2D eigenvalue weighted by Crippen LogP contribution is -2.28. The van der Waals surface area contributed by atoms with E-state index in [1.165, 1.54) is 16.3 Å². The van der Waals surface area contributed by atoms with Crippen molar-refractivity contribution < 1.29 is 14.6 Å². The van der Waals surface area contributed by atoms with E-state index < -0.39 is 5.97 Å². The summed E-state index contributed by atoms with van der Waals surface area (Å²) in [4.78, 5) is 11.7. The Labute approximate surface area is 212 Å². The molecule has 4 aromatic rings. The number of carbonyl (C=O) groups is 1. The molecule has 5 rings (SSSR count). The first-order valence-electron chi connectivity index (χ1n) is 12.8. The van der Waals surface area contributed by atoms with Gasteiger partial charge in [0.1, 0.15) is 5.75 Å². The van der Waals surface area contributed by atoms with Crippen molar-refractivity contribution >= 4 is 16.7 Å². The highest BCUT2D eigenvalue weighted by Gasteiger charge is 2.29. The Bertz CT molecular complexity index is 1370. The maximum Gasteiger partial charge on any atom is 0.335 e. The lowest BCUT2D eigenvalue weighted by atomic mass is 9.82. The first-order valence-corrected chi connectivity index (χ1v) is 12.8. The molecule has 0 aromatic heterocycles. The summed E-state index contributed by atoms with van der Waals surface area (Å²) in [5.41, 5.74) is 4.66. The first kappa shape index (κ1) is 24.1. The van der Waals surface area contributed by atoms with E-state index in [1.807, 2.05) is 37.3 Å². The molecule has 0 bridgehead atoms. The van der Waals surface area contributed by atoms with Crippen molar-refractivity contribution in [1.82, 2.24) is 5.32 Å². The Kier molecular flexibility index (Phi) is 7.06. The molecule has 0 saturated heterocycles. The molecular weight excluding hydrogens is 446 g/mol. The molecule has 4 aromatic carbocycles. The molecule has 3 atom stereocenters. The van der Waals surface area contributed by atoms with Crippen LogP contribution >= 0.6 is 0 Å². The molecule has 3 unspecified atom stereocenters. The summed E-state index contributed by atoms with van der Waals surface area (Å²) in [5, 5.41) is 15.9. The van der Waals surface area contributed by atoms with E-state index in [-0.39, 0.29) is 18.1 Å². The van der Waals surface area contributed by atoms with E-state index in [0.717, 1.165) is 48.2 Å². The summed E-state index contributed by atoms with van der Waals surface area (Å²) in [6, 6.07) is 29.3. The number of rotatable bonds is 8. The Morgan fingerprint density at radius 2 is 1.81 bits per heavy atom. The fourth-order valence-corrected chi connectivity index (χ4v) is 5.46. The zero-order chi connectivity index (χ0) is 25.1. The lowest BCUT2D eigenvalue weighted by Gasteiger charge is -2.33. The minimum Gasteiger partial charge on any atom is -0.490 e. The highest BCUT2D eigenvalue weighted by molar-refractivity contribution is 5.89. The molecule has 36 heavy (non-hydrogen) atoms. The molecule has 0 fully saturated rings. The van der Waals surface area contributed by atoms with Gasteiger partial charge < -0.3 is 15.2 Å². The van der Waals surface area contributed by atoms with Crippen molar-refractivity contribution in [2.45, 2.75) is 51.2 Å². The minimum absolute atomic E-state index is 0.0918. The highest BCUT2D eigenvalue weighted by Crippen LogP contribution is 2.41. The second-order valence-electron chi connectivity index (χ2n) is 9.83. The summed E-state index contributed by atoms with van der Waals surface area (Å²) in [6.45, 7) is 4.98. The third-order valence-corrected chi connectivity index (χ3v) is 7.42. The zero-order valence-corrected chi connectivity index (χ0v) is 20.9. The smallest absolute Gasteiger partial charge is 0.335 e. The number of hydrogen-bond donors (Lipinski definition) is 2. The van der Waals surface area contributed by atoms with Crippen LogP contribution in [0.5, 0.6) is 5.75 Å². The van der Waals surface area contributed by atoms with Crippen LogP contribution in [0.2, 0.25) is 0 Å². The Hall–Kier alpha value is -3.63. The standard InChI is InChI=1S/C32H33NO3/c1-21-16-17-24(19-29(21)32(34)35)30-20-25(36-31-15-6-5-13-28(30)31)11-8-18-33-22(2)26-14-7-10-23-9-3-4-12-27(23)26/h3-7,9-10,12-17,19,22,25,30,33H,8,11,18,20H2,1-2H3,(H,34,35). The quantitative estimate of drug-likeness (QED) is 0.261. The van der Waals surface area contributed by atoms with Gasteiger partial charge in [-0.05, 0) is 79.3 Å². The second kappa shape index (κ2) is 10.5. The average Bonchev–Trinajstić information content (AvgIpc) is 2.90. The number of carboxylic acid groups (broad SMARTS) is 1. The van der Waals surface area contributed by atoms with Crippen molar-refractivity contribution in [2.75, 3.05) is 6.54 Å². The molecule has 1 aliphatic heterocycles. The number of benzene rings is 4. The van der Waals surface area contributed by atoms with E-state index >= 15 is 0 Å².